The molecule has 5 nitrogen and oxygen atoms in total. The second-order valence-electron chi connectivity index (χ2n) is 8.06. The summed E-state index contributed by atoms with van der Waals surface area (Å²) in [6, 6.07) is 10.7. The van der Waals surface area contributed by atoms with Crippen molar-refractivity contribution in [3.05, 3.63) is 63.1 Å². The van der Waals surface area contributed by atoms with Crippen molar-refractivity contribution in [2.24, 2.45) is 0 Å². The molecule has 4 rings (SSSR count). The first-order chi connectivity index (χ1) is 14.6. The van der Waals surface area contributed by atoms with Crippen LogP contribution < -0.4 is 0 Å². The maximum absolute atomic E-state index is 5.93. The Morgan fingerprint density at radius 1 is 1.17 bits per heavy atom. The van der Waals surface area contributed by atoms with Crippen LogP contribution in [0, 0.1) is 13.8 Å². The smallest absolute Gasteiger partial charge is 0.191 e. The van der Waals surface area contributed by atoms with Crippen LogP contribution in [-0.4, -0.2) is 39.4 Å². The summed E-state index contributed by atoms with van der Waals surface area (Å²) < 4.78 is 8.21. The van der Waals surface area contributed by atoms with E-state index in [1.807, 2.05) is 11.3 Å². The van der Waals surface area contributed by atoms with Gasteiger partial charge in [0, 0.05) is 23.8 Å². The number of rotatable bonds is 9. The minimum Gasteiger partial charge on any atom is -0.376 e. The fourth-order valence-corrected chi connectivity index (χ4v) is 5.77. The van der Waals surface area contributed by atoms with Gasteiger partial charge in [-0.05, 0) is 61.9 Å². The number of aryl methyl sites for hydroxylation is 2. The van der Waals surface area contributed by atoms with Gasteiger partial charge in [-0.1, -0.05) is 36.0 Å². The van der Waals surface area contributed by atoms with E-state index in [-0.39, 0.29) is 6.10 Å². The van der Waals surface area contributed by atoms with Crippen LogP contribution in [0.1, 0.15) is 40.2 Å². The highest BCUT2D eigenvalue weighted by Gasteiger charge is 2.22. The van der Waals surface area contributed by atoms with Crippen molar-refractivity contribution in [1.82, 2.24) is 19.7 Å². The van der Waals surface area contributed by atoms with Crippen molar-refractivity contribution in [3.63, 3.8) is 0 Å². The van der Waals surface area contributed by atoms with E-state index in [0.717, 1.165) is 55.8 Å². The van der Waals surface area contributed by atoms with E-state index in [2.05, 4.69) is 76.3 Å². The number of hydrogen-bond donors (Lipinski definition) is 0. The van der Waals surface area contributed by atoms with Gasteiger partial charge in [0.15, 0.2) is 5.16 Å². The number of thiophene rings is 1. The second kappa shape index (κ2) is 10.1. The van der Waals surface area contributed by atoms with Crippen molar-refractivity contribution < 1.29 is 4.74 Å². The molecule has 0 unspecified atom stereocenters. The Bertz CT molecular complexity index is 962. The van der Waals surface area contributed by atoms with Crippen LogP contribution in [0.3, 0.4) is 0 Å². The highest BCUT2D eigenvalue weighted by atomic mass is 32.2. The molecular weight excluding hydrogens is 412 g/mol. The number of hydrogen-bond acceptors (Lipinski definition) is 6. The maximum atomic E-state index is 5.93. The zero-order valence-electron chi connectivity index (χ0n) is 18.0. The topological polar surface area (TPSA) is 43.2 Å². The molecule has 3 heterocycles. The Hall–Kier alpha value is -1.67. The Kier molecular flexibility index (Phi) is 7.25. The highest BCUT2D eigenvalue weighted by Crippen LogP contribution is 2.26. The summed E-state index contributed by atoms with van der Waals surface area (Å²) in [4.78, 5) is 3.74. The fourth-order valence-electron chi connectivity index (χ4n) is 3.74. The molecule has 1 aliphatic heterocycles. The Labute approximate surface area is 187 Å². The number of aromatic nitrogens is 3. The van der Waals surface area contributed by atoms with Crippen LogP contribution in [0.2, 0.25) is 0 Å². The van der Waals surface area contributed by atoms with Gasteiger partial charge >= 0.3 is 0 Å². The van der Waals surface area contributed by atoms with E-state index < -0.39 is 0 Å². The van der Waals surface area contributed by atoms with Crippen LogP contribution in [0.15, 0.2) is 40.9 Å². The van der Waals surface area contributed by atoms with Gasteiger partial charge < -0.3 is 9.30 Å². The van der Waals surface area contributed by atoms with Gasteiger partial charge in [0.05, 0.1) is 19.2 Å². The average Bonchev–Trinajstić information content (AvgIpc) is 3.46. The quantitative estimate of drug-likeness (QED) is 0.433. The number of nitrogens with zero attached hydrogens (tertiary/aromatic N) is 4. The third-order valence-electron chi connectivity index (χ3n) is 5.61. The first-order valence-electron chi connectivity index (χ1n) is 10.5. The van der Waals surface area contributed by atoms with Gasteiger partial charge in [0.25, 0.3) is 0 Å². The van der Waals surface area contributed by atoms with E-state index >= 15 is 0 Å². The minimum atomic E-state index is 0.266. The third kappa shape index (κ3) is 5.32. The van der Waals surface area contributed by atoms with Crippen molar-refractivity contribution in [2.45, 2.75) is 63.3 Å². The van der Waals surface area contributed by atoms with Gasteiger partial charge in [-0.15, -0.1) is 21.5 Å². The molecule has 0 spiro atoms. The summed E-state index contributed by atoms with van der Waals surface area (Å²) in [7, 11) is 2.16. The molecule has 0 bridgehead atoms. The third-order valence-corrected chi connectivity index (χ3v) is 7.64. The lowest BCUT2D eigenvalue weighted by Gasteiger charge is -2.19. The largest absolute Gasteiger partial charge is 0.376 e. The summed E-state index contributed by atoms with van der Waals surface area (Å²) in [6.45, 7) is 7.76. The summed E-state index contributed by atoms with van der Waals surface area (Å²) in [5, 5.41) is 12.3. The van der Waals surface area contributed by atoms with Gasteiger partial charge in [-0.3, -0.25) is 4.90 Å². The van der Waals surface area contributed by atoms with Crippen molar-refractivity contribution in [3.8, 4) is 0 Å². The van der Waals surface area contributed by atoms with Crippen LogP contribution >= 0.6 is 23.1 Å². The van der Waals surface area contributed by atoms with Crippen molar-refractivity contribution in [2.75, 3.05) is 13.7 Å². The van der Waals surface area contributed by atoms with Gasteiger partial charge in [-0.25, -0.2) is 0 Å². The number of ether oxygens (including phenoxy) is 1. The molecular formula is C23H30N4OS2. The molecule has 160 valence electrons. The monoisotopic (exact) mass is 442 g/mol. The predicted octanol–water partition coefficient (Wildman–Crippen LogP) is 5.06. The van der Waals surface area contributed by atoms with E-state index in [4.69, 9.17) is 4.74 Å². The molecule has 1 saturated heterocycles. The molecule has 1 aromatic carbocycles. The van der Waals surface area contributed by atoms with Crippen LogP contribution in [0.4, 0.5) is 0 Å². The van der Waals surface area contributed by atoms with Gasteiger partial charge in [0.2, 0.25) is 0 Å². The van der Waals surface area contributed by atoms with E-state index in [9.17, 15) is 0 Å². The molecule has 7 heteroatoms. The lowest BCUT2D eigenvalue weighted by Crippen LogP contribution is -2.23. The fraction of sp³-hybridized carbons (Fsp3) is 0.478. The molecule has 2 aromatic heterocycles. The molecule has 0 N–H and O–H groups in total. The molecule has 0 saturated carbocycles. The molecule has 0 aliphatic carbocycles. The number of thioether (sulfide) groups is 1. The Balaban J connectivity index is 1.49. The molecule has 3 aromatic rings. The summed E-state index contributed by atoms with van der Waals surface area (Å²) in [6.07, 6.45) is 2.53. The van der Waals surface area contributed by atoms with Crippen LogP contribution in [-0.2, 0) is 30.1 Å². The van der Waals surface area contributed by atoms with E-state index in [1.165, 1.54) is 21.6 Å². The molecule has 0 radical (unpaired) electrons. The summed E-state index contributed by atoms with van der Waals surface area (Å²) in [5.41, 5.74) is 4.03. The normalized spacial score (nSPS) is 16.6. The van der Waals surface area contributed by atoms with E-state index in [1.54, 1.807) is 11.8 Å². The Morgan fingerprint density at radius 2 is 2.03 bits per heavy atom. The highest BCUT2D eigenvalue weighted by molar-refractivity contribution is 7.98. The van der Waals surface area contributed by atoms with E-state index in [0.29, 0.717) is 0 Å². The summed E-state index contributed by atoms with van der Waals surface area (Å²) in [5.74, 6) is 1.93. The van der Waals surface area contributed by atoms with Gasteiger partial charge in [-0.2, -0.15) is 0 Å². The molecule has 1 atom stereocenters. The van der Waals surface area contributed by atoms with Crippen molar-refractivity contribution >= 4 is 23.1 Å². The minimum absolute atomic E-state index is 0.266. The second-order valence-corrected chi connectivity index (χ2v) is 10.0. The first kappa shape index (κ1) is 21.6. The van der Waals surface area contributed by atoms with Gasteiger partial charge in [0.1, 0.15) is 5.82 Å². The van der Waals surface area contributed by atoms with Crippen LogP contribution in [0.5, 0.6) is 0 Å². The standard InChI is InChI=1S/C23H30N4OS2/c1-17-7-4-5-8-19(17)16-30-23-25-24-22(27(23)13-20-9-6-11-28-20)15-26(3)14-21-18(2)10-12-29-21/h4-5,7-8,10,12,20H,6,9,11,13-16H2,1-3H3/t20-/m1/s1. The molecule has 1 fully saturated rings. The van der Waals surface area contributed by atoms with Crippen LogP contribution in [0.25, 0.3) is 0 Å². The zero-order valence-corrected chi connectivity index (χ0v) is 19.6. The predicted molar refractivity (Wildman–Crippen MR) is 124 cm³/mol. The molecule has 30 heavy (non-hydrogen) atoms. The average molecular weight is 443 g/mol. The lowest BCUT2D eigenvalue weighted by atomic mass is 10.1. The van der Waals surface area contributed by atoms with Crippen molar-refractivity contribution in [1.29, 1.82) is 0 Å². The SMILES string of the molecule is Cc1ccccc1CSc1nnc(CN(C)Cc2sccc2C)n1C[C@H]1CCCO1. The maximum Gasteiger partial charge on any atom is 0.191 e. The Morgan fingerprint density at radius 3 is 2.77 bits per heavy atom. The molecule has 1 aliphatic rings. The first-order valence-corrected chi connectivity index (χ1v) is 12.4. The summed E-state index contributed by atoms with van der Waals surface area (Å²) >= 11 is 3.59. The number of benzene rings is 1. The molecule has 0 amide bonds. The zero-order chi connectivity index (χ0) is 20.9. The lowest BCUT2D eigenvalue weighted by molar-refractivity contribution is 0.0934.